The van der Waals surface area contributed by atoms with Crippen LogP contribution in [0.4, 0.5) is 5.82 Å². The highest BCUT2D eigenvalue weighted by Gasteiger charge is 2.35. The second kappa shape index (κ2) is 10.5. The summed E-state index contributed by atoms with van der Waals surface area (Å²) in [6, 6.07) is 5.96. The van der Waals surface area contributed by atoms with Crippen LogP contribution in [0.5, 0.6) is 0 Å². The Morgan fingerprint density at radius 1 is 1.18 bits per heavy atom. The van der Waals surface area contributed by atoms with Crippen LogP contribution >= 0.6 is 0 Å². The first-order valence-electron chi connectivity index (χ1n) is 13.2. The van der Waals surface area contributed by atoms with Crippen molar-refractivity contribution >= 4 is 29.4 Å². The molecule has 8 heteroatoms. The number of carboxylic acid groups (broad SMARTS) is 1. The number of nitrogens with two attached hydrogens (primary N) is 1. The number of pyridine rings is 1. The third-order valence-corrected chi connectivity index (χ3v) is 8.02. The van der Waals surface area contributed by atoms with Gasteiger partial charge in [-0.25, -0.2) is 4.99 Å². The van der Waals surface area contributed by atoms with Crippen LogP contribution in [-0.2, 0) is 16.0 Å². The molecule has 3 heterocycles. The number of carbonyl (C=O) groups is 2. The normalized spacial score (nSPS) is 24.5. The van der Waals surface area contributed by atoms with Crippen molar-refractivity contribution in [2.24, 2.45) is 28.5 Å². The third kappa shape index (κ3) is 4.76. The highest BCUT2D eigenvalue weighted by Crippen LogP contribution is 2.45. The van der Waals surface area contributed by atoms with Crippen LogP contribution in [0.15, 0.2) is 65.1 Å². The van der Waals surface area contributed by atoms with E-state index in [-0.39, 0.29) is 17.7 Å². The minimum Gasteiger partial charge on any atom is -0.481 e. The standard InChI is InChI=1S/C30H34N4O4/c1-17(31)27(18(2)35)21-13-23-24(20-10-11-22(30(37)38)26(36)14-20)16-34(29(23)33-15-21)28(19-7-3-4-8-19)25-9-5-6-12-32-25/h5-6,9-12,14-16,19,21-22,26,28,36H,3-4,7-8,13,31H2,1-2H3,(H,37,38)/b27-17+. The smallest absolute Gasteiger partial charge is 0.313 e. The van der Waals surface area contributed by atoms with Crippen molar-refractivity contribution in [1.82, 2.24) is 9.55 Å². The van der Waals surface area contributed by atoms with Gasteiger partial charge in [0.25, 0.3) is 0 Å². The molecule has 198 valence electrons. The van der Waals surface area contributed by atoms with Gasteiger partial charge in [0, 0.05) is 46.9 Å². The summed E-state index contributed by atoms with van der Waals surface area (Å²) in [6.07, 6.45) is 14.5. The lowest BCUT2D eigenvalue weighted by molar-refractivity contribution is -0.142. The molecule has 8 nitrogen and oxygen atoms in total. The van der Waals surface area contributed by atoms with E-state index in [2.05, 4.69) is 16.8 Å². The number of allylic oxidation sites excluding steroid dienone is 4. The Morgan fingerprint density at radius 2 is 1.95 bits per heavy atom. The van der Waals surface area contributed by atoms with E-state index in [0.717, 1.165) is 41.1 Å². The van der Waals surface area contributed by atoms with Crippen LogP contribution in [0.3, 0.4) is 0 Å². The summed E-state index contributed by atoms with van der Waals surface area (Å²) in [5, 5.41) is 20.1. The van der Waals surface area contributed by atoms with Crippen LogP contribution in [0, 0.1) is 17.8 Å². The predicted octanol–water partition coefficient (Wildman–Crippen LogP) is 4.37. The molecule has 2 aromatic rings. The third-order valence-electron chi connectivity index (χ3n) is 8.02. The number of carbonyl (C=O) groups excluding carboxylic acids is 1. The van der Waals surface area contributed by atoms with E-state index in [4.69, 9.17) is 15.7 Å². The molecule has 2 aromatic heterocycles. The number of nitrogens with zero attached hydrogens (tertiary/aromatic N) is 3. The molecular formula is C30H34N4O4. The molecule has 0 amide bonds. The van der Waals surface area contributed by atoms with Crippen molar-refractivity contribution in [3.8, 4) is 0 Å². The van der Waals surface area contributed by atoms with Crippen LogP contribution < -0.4 is 5.73 Å². The SMILES string of the molecule is CC(=O)/C(=C(/C)N)C1C=Nc2c(c(C3=CC(O)C(C(=O)O)C=C3)cn2C(c2ccccn2)C2CCCC2)C1. The van der Waals surface area contributed by atoms with Crippen molar-refractivity contribution in [2.75, 3.05) is 0 Å². The van der Waals surface area contributed by atoms with Crippen LogP contribution in [0.25, 0.3) is 5.57 Å². The first-order chi connectivity index (χ1) is 18.3. The number of rotatable bonds is 7. The Bertz CT molecular complexity index is 1360. The fourth-order valence-corrected chi connectivity index (χ4v) is 6.31. The van der Waals surface area contributed by atoms with Crippen LogP contribution in [0.2, 0.25) is 0 Å². The molecule has 5 rings (SSSR count). The number of aromatic nitrogens is 2. The lowest BCUT2D eigenvalue weighted by atomic mass is 9.84. The second-order valence-electron chi connectivity index (χ2n) is 10.6. The van der Waals surface area contributed by atoms with Gasteiger partial charge in [-0.15, -0.1) is 0 Å². The first-order valence-corrected chi connectivity index (χ1v) is 13.2. The van der Waals surface area contributed by atoms with Gasteiger partial charge >= 0.3 is 5.97 Å². The number of carboxylic acids is 1. The van der Waals surface area contributed by atoms with E-state index in [1.807, 2.05) is 24.5 Å². The highest BCUT2D eigenvalue weighted by atomic mass is 16.4. The molecule has 0 bridgehead atoms. The zero-order chi connectivity index (χ0) is 27.0. The van der Waals surface area contributed by atoms with Gasteiger partial charge in [-0.05, 0) is 62.8 Å². The van der Waals surface area contributed by atoms with E-state index < -0.39 is 18.0 Å². The van der Waals surface area contributed by atoms with Gasteiger partial charge in [-0.3, -0.25) is 14.6 Å². The Balaban J connectivity index is 1.66. The Labute approximate surface area is 222 Å². The molecule has 1 saturated carbocycles. The molecule has 0 radical (unpaired) electrons. The lowest BCUT2D eigenvalue weighted by Gasteiger charge is -2.27. The summed E-state index contributed by atoms with van der Waals surface area (Å²) in [5.41, 5.74) is 10.7. The molecular weight excluding hydrogens is 480 g/mol. The van der Waals surface area contributed by atoms with E-state index in [0.29, 0.717) is 23.6 Å². The van der Waals surface area contributed by atoms with E-state index in [1.54, 1.807) is 19.1 Å². The first kappa shape index (κ1) is 25.9. The molecule has 4 atom stereocenters. The molecule has 0 saturated heterocycles. The molecule has 2 aliphatic carbocycles. The summed E-state index contributed by atoms with van der Waals surface area (Å²) in [4.78, 5) is 33.7. The van der Waals surface area contributed by atoms with E-state index >= 15 is 0 Å². The molecule has 1 aliphatic heterocycles. The quantitative estimate of drug-likeness (QED) is 0.470. The van der Waals surface area contributed by atoms with Crippen molar-refractivity contribution in [2.45, 2.75) is 58.1 Å². The number of fused-ring (bicyclic) bond motifs is 1. The van der Waals surface area contributed by atoms with E-state index in [9.17, 15) is 19.8 Å². The summed E-state index contributed by atoms with van der Waals surface area (Å²) in [7, 11) is 0. The number of aliphatic hydroxyl groups excluding tert-OH is 1. The largest absolute Gasteiger partial charge is 0.481 e. The maximum Gasteiger partial charge on any atom is 0.313 e. The van der Waals surface area contributed by atoms with Crippen LogP contribution in [0.1, 0.15) is 62.4 Å². The summed E-state index contributed by atoms with van der Waals surface area (Å²) in [6.45, 7) is 3.26. The zero-order valence-electron chi connectivity index (χ0n) is 21.7. The number of aliphatic hydroxyl groups is 1. The van der Waals surface area contributed by atoms with Crippen molar-refractivity contribution in [3.63, 3.8) is 0 Å². The molecule has 4 N–H and O–H groups in total. The van der Waals surface area contributed by atoms with Crippen molar-refractivity contribution in [1.29, 1.82) is 0 Å². The maximum absolute atomic E-state index is 12.5. The topological polar surface area (TPSA) is 131 Å². The van der Waals surface area contributed by atoms with Gasteiger partial charge in [0.15, 0.2) is 5.78 Å². The second-order valence-corrected chi connectivity index (χ2v) is 10.6. The highest BCUT2D eigenvalue weighted by molar-refractivity contribution is 5.99. The Kier molecular flexibility index (Phi) is 7.17. The number of aliphatic carboxylic acids is 1. The summed E-state index contributed by atoms with van der Waals surface area (Å²) >= 11 is 0. The molecule has 4 unspecified atom stereocenters. The van der Waals surface area contributed by atoms with Gasteiger partial charge < -0.3 is 20.5 Å². The van der Waals surface area contributed by atoms with Crippen LogP contribution in [-0.4, -0.2) is 43.8 Å². The monoisotopic (exact) mass is 514 g/mol. The average molecular weight is 515 g/mol. The average Bonchev–Trinajstić information content (AvgIpc) is 3.53. The Morgan fingerprint density at radius 3 is 2.55 bits per heavy atom. The molecule has 1 fully saturated rings. The fourth-order valence-electron chi connectivity index (χ4n) is 6.31. The molecule has 0 spiro atoms. The lowest BCUT2D eigenvalue weighted by Crippen LogP contribution is -2.26. The number of Topliss-reactive ketones (excluding diaryl/α,β-unsaturated/α-hetero) is 1. The maximum atomic E-state index is 12.5. The summed E-state index contributed by atoms with van der Waals surface area (Å²) in [5.74, 6) is -1.21. The number of ketones is 1. The number of hydrogen-bond donors (Lipinski definition) is 3. The van der Waals surface area contributed by atoms with E-state index in [1.165, 1.54) is 25.8 Å². The van der Waals surface area contributed by atoms with Crippen molar-refractivity contribution < 1.29 is 19.8 Å². The van der Waals surface area contributed by atoms with Gasteiger partial charge in [-0.1, -0.05) is 31.1 Å². The van der Waals surface area contributed by atoms with Gasteiger partial charge in [0.2, 0.25) is 0 Å². The Hall–Kier alpha value is -3.78. The fraction of sp³-hybridized carbons (Fsp3) is 0.400. The van der Waals surface area contributed by atoms with Gasteiger partial charge in [0.1, 0.15) is 11.7 Å². The molecule has 38 heavy (non-hydrogen) atoms. The molecule has 3 aliphatic rings. The molecule has 0 aromatic carbocycles. The number of aliphatic imine (C=N–C) groups is 1. The van der Waals surface area contributed by atoms with Gasteiger partial charge in [0.05, 0.1) is 17.8 Å². The predicted molar refractivity (Wildman–Crippen MR) is 146 cm³/mol. The van der Waals surface area contributed by atoms with Crippen molar-refractivity contribution in [3.05, 3.63) is 76.9 Å². The van der Waals surface area contributed by atoms with Gasteiger partial charge in [-0.2, -0.15) is 0 Å². The zero-order valence-corrected chi connectivity index (χ0v) is 21.7. The number of hydrogen-bond acceptors (Lipinski definition) is 6. The minimum absolute atomic E-state index is 0.0150. The summed E-state index contributed by atoms with van der Waals surface area (Å²) < 4.78 is 2.20. The minimum atomic E-state index is -1.14.